The van der Waals surface area contributed by atoms with Crippen molar-refractivity contribution >= 4 is 64.6 Å². The van der Waals surface area contributed by atoms with Gasteiger partial charge in [0.15, 0.2) is 17.5 Å². The van der Waals surface area contributed by atoms with E-state index in [4.69, 9.17) is 15.0 Å². The van der Waals surface area contributed by atoms with Crippen LogP contribution in [0.2, 0.25) is 0 Å². The van der Waals surface area contributed by atoms with Gasteiger partial charge in [-0.15, -0.1) is 0 Å². The van der Waals surface area contributed by atoms with E-state index in [1.54, 1.807) is 0 Å². The molecule has 0 atom stereocenters. The van der Waals surface area contributed by atoms with E-state index < -0.39 is 0 Å². The van der Waals surface area contributed by atoms with Gasteiger partial charge in [-0.25, -0.2) is 15.0 Å². The van der Waals surface area contributed by atoms with Gasteiger partial charge in [-0.3, -0.25) is 0 Å². The van der Waals surface area contributed by atoms with Crippen LogP contribution in [-0.2, 0) is 0 Å². The van der Waals surface area contributed by atoms with Gasteiger partial charge in [0.2, 0.25) is 0 Å². The predicted octanol–water partition coefficient (Wildman–Crippen LogP) is 16.1. The van der Waals surface area contributed by atoms with Crippen molar-refractivity contribution in [1.29, 1.82) is 5.26 Å². The van der Waals surface area contributed by atoms with Gasteiger partial charge in [0.05, 0.1) is 11.6 Å². The SMILES string of the molecule is N#Cc1ccc(-c2ccccc2-c2nc(-c3ccccc3)nc(-c3ccccc3-c3cccc(-c4cc5ccc6cccc7c8cccc9ccc%10cccc(c(c4)c5c67)c%10c98)c3)n2)cc1. The molecule has 0 saturated heterocycles. The first-order valence-electron chi connectivity index (χ1n) is 22.2. The molecule has 0 saturated carbocycles. The second kappa shape index (κ2) is 15.1. The number of hydrogen-bond acceptors (Lipinski definition) is 4. The zero-order chi connectivity index (χ0) is 43.7. The van der Waals surface area contributed by atoms with Crippen molar-refractivity contribution < 1.29 is 0 Å². The standard InChI is InChI=1S/C62H36N4/c63-37-38-26-28-39(29-27-38)48-19-4-6-21-53(48)61-64-60(43-12-2-1-3-13-43)65-62(66-61)54-22-7-5-20-49(54)45-18-8-17-44(34-45)47-35-46-33-32-42-15-10-24-51-50-23-9-14-40-30-31-41-16-11-25-52(58(41)56(40)50)55(36-47)59(46)57(42)51/h1-36H. The molecular weight excluding hydrogens is 801 g/mol. The third-order valence-corrected chi connectivity index (χ3v) is 13.3. The van der Waals surface area contributed by atoms with Crippen molar-refractivity contribution in [1.82, 2.24) is 15.0 Å². The van der Waals surface area contributed by atoms with Crippen LogP contribution in [-0.4, -0.2) is 15.0 Å². The minimum atomic E-state index is 0.572. The molecule has 0 aliphatic heterocycles. The largest absolute Gasteiger partial charge is 0.208 e. The number of aromatic nitrogens is 3. The topological polar surface area (TPSA) is 62.5 Å². The van der Waals surface area contributed by atoms with Crippen LogP contribution in [0.4, 0.5) is 0 Å². The van der Waals surface area contributed by atoms with Crippen molar-refractivity contribution in [2.45, 2.75) is 0 Å². The summed E-state index contributed by atoms with van der Waals surface area (Å²) in [6.45, 7) is 0. The van der Waals surface area contributed by atoms with Crippen LogP contribution in [0.5, 0.6) is 0 Å². The number of nitriles is 1. The van der Waals surface area contributed by atoms with E-state index in [0.29, 0.717) is 23.0 Å². The van der Waals surface area contributed by atoms with Gasteiger partial charge in [0.1, 0.15) is 0 Å². The molecule has 0 N–H and O–H groups in total. The molecule has 0 aliphatic rings. The van der Waals surface area contributed by atoms with Crippen molar-refractivity contribution in [3.05, 3.63) is 224 Å². The number of hydrogen-bond donors (Lipinski definition) is 0. The quantitative estimate of drug-likeness (QED) is 0.157. The summed E-state index contributed by atoms with van der Waals surface area (Å²) in [6, 6.07) is 79.6. The number of fused-ring (bicyclic) bond motifs is 2. The summed E-state index contributed by atoms with van der Waals surface area (Å²) in [7, 11) is 0. The van der Waals surface area contributed by atoms with E-state index in [-0.39, 0.29) is 0 Å². The molecule has 0 bridgehead atoms. The van der Waals surface area contributed by atoms with Crippen molar-refractivity contribution in [2.24, 2.45) is 0 Å². The van der Waals surface area contributed by atoms with Gasteiger partial charge in [-0.2, -0.15) is 5.26 Å². The van der Waals surface area contributed by atoms with E-state index in [0.717, 1.165) is 50.1 Å². The Labute approximate surface area is 380 Å². The van der Waals surface area contributed by atoms with Crippen LogP contribution in [0.15, 0.2) is 218 Å². The minimum Gasteiger partial charge on any atom is -0.208 e. The van der Waals surface area contributed by atoms with Gasteiger partial charge in [-0.1, -0.05) is 188 Å². The van der Waals surface area contributed by atoms with E-state index in [2.05, 4.69) is 158 Å². The summed E-state index contributed by atoms with van der Waals surface area (Å²) in [5, 5.41) is 24.7. The fourth-order valence-electron chi connectivity index (χ4n) is 10.2. The van der Waals surface area contributed by atoms with E-state index in [9.17, 15) is 5.26 Å². The maximum Gasteiger partial charge on any atom is 0.164 e. The first-order valence-corrected chi connectivity index (χ1v) is 22.2. The molecule has 13 rings (SSSR count). The molecule has 0 radical (unpaired) electrons. The number of nitrogens with zero attached hydrogens (tertiary/aromatic N) is 4. The molecule has 4 nitrogen and oxygen atoms in total. The fraction of sp³-hybridized carbons (Fsp3) is 0. The average Bonchev–Trinajstić information content (AvgIpc) is 3.39. The summed E-state index contributed by atoms with van der Waals surface area (Å²) < 4.78 is 0. The summed E-state index contributed by atoms with van der Waals surface area (Å²) in [6.07, 6.45) is 0. The highest BCUT2D eigenvalue weighted by molar-refractivity contribution is 6.37. The summed E-state index contributed by atoms with van der Waals surface area (Å²) in [4.78, 5) is 15.6. The Balaban J connectivity index is 1.01. The average molecular weight is 837 g/mol. The maximum atomic E-state index is 9.50. The lowest BCUT2D eigenvalue weighted by molar-refractivity contribution is 1.07. The Morgan fingerprint density at radius 2 is 0.727 bits per heavy atom. The third kappa shape index (κ3) is 6.03. The maximum absolute atomic E-state index is 9.50. The van der Waals surface area contributed by atoms with E-state index >= 15 is 0 Å². The molecule has 1 heterocycles. The van der Waals surface area contributed by atoms with Gasteiger partial charge in [0, 0.05) is 16.7 Å². The van der Waals surface area contributed by atoms with Crippen LogP contribution in [0.1, 0.15) is 5.56 Å². The van der Waals surface area contributed by atoms with Crippen LogP contribution in [0, 0.1) is 11.3 Å². The van der Waals surface area contributed by atoms with Crippen molar-refractivity contribution in [2.75, 3.05) is 0 Å². The molecule has 0 fully saturated rings. The Hall–Kier alpha value is -9.04. The van der Waals surface area contributed by atoms with Gasteiger partial charge in [0.25, 0.3) is 0 Å². The second-order valence-corrected chi connectivity index (χ2v) is 17.0. The molecule has 0 amide bonds. The molecule has 0 spiro atoms. The van der Waals surface area contributed by atoms with Crippen LogP contribution in [0.3, 0.4) is 0 Å². The zero-order valence-electron chi connectivity index (χ0n) is 35.6. The van der Waals surface area contributed by atoms with Gasteiger partial charge >= 0.3 is 0 Å². The minimum absolute atomic E-state index is 0.572. The van der Waals surface area contributed by atoms with E-state index in [1.165, 1.54) is 64.6 Å². The Kier molecular flexibility index (Phi) is 8.56. The predicted molar refractivity (Wildman–Crippen MR) is 273 cm³/mol. The van der Waals surface area contributed by atoms with Crippen LogP contribution in [0.25, 0.3) is 132 Å². The molecule has 304 valence electrons. The molecular formula is C62H36N4. The molecule has 66 heavy (non-hydrogen) atoms. The molecule has 4 heteroatoms. The highest BCUT2D eigenvalue weighted by Crippen LogP contribution is 2.45. The normalized spacial score (nSPS) is 11.6. The summed E-state index contributed by atoms with van der Waals surface area (Å²) in [5.41, 5.74) is 9.62. The molecule has 13 aromatic rings. The number of benzene rings is 11. The first-order chi connectivity index (χ1) is 32.7. The van der Waals surface area contributed by atoms with Crippen molar-refractivity contribution in [3.8, 4) is 73.6 Å². The van der Waals surface area contributed by atoms with Crippen molar-refractivity contribution in [3.63, 3.8) is 0 Å². The second-order valence-electron chi connectivity index (χ2n) is 17.0. The smallest absolute Gasteiger partial charge is 0.164 e. The zero-order valence-corrected chi connectivity index (χ0v) is 35.6. The Morgan fingerprint density at radius 1 is 0.273 bits per heavy atom. The lowest BCUT2D eigenvalue weighted by Gasteiger charge is -2.17. The molecule has 0 aliphatic carbocycles. The highest BCUT2D eigenvalue weighted by atomic mass is 15.0. The van der Waals surface area contributed by atoms with E-state index in [1.807, 2.05) is 66.7 Å². The first kappa shape index (κ1) is 37.5. The number of rotatable bonds is 6. The lowest BCUT2D eigenvalue weighted by Crippen LogP contribution is -2.02. The van der Waals surface area contributed by atoms with Crippen LogP contribution >= 0.6 is 0 Å². The molecule has 12 aromatic carbocycles. The fourth-order valence-corrected chi connectivity index (χ4v) is 10.2. The van der Waals surface area contributed by atoms with Gasteiger partial charge in [-0.05, 0) is 128 Å². The van der Waals surface area contributed by atoms with Crippen LogP contribution < -0.4 is 0 Å². The Bertz CT molecular complexity index is 4100. The Morgan fingerprint density at radius 3 is 1.32 bits per heavy atom. The lowest BCUT2D eigenvalue weighted by atomic mass is 9.86. The summed E-state index contributed by atoms with van der Waals surface area (Å²) >= 11 is 0. The van der Waals surface area contributed by atoms with Gasteiger partial charge < -0.3 is 0 Å². The summed E-state index contributed by atoms with van der Waals surface area (Å²) in [5.74, 6) is 1.75. The molecule has 1 aromatic heterocycles. The monoisotopic (exact) mass is 836 g/mol. The molecule has 0 unspecified atom stereocenters. The highest BCUT2D eigenvalue weighted by Gasteiger charge is 2.20. The third-order valence-electron chi connectivity index (χ3n) is 13.3.